The van der Waals surface area contributed by atoms with Gasteiger partial charge >= 0.3 is 12.1 Å². The Balaban J connectivity index is 1.48. The molecule has 1 N–H and O–H groups in total. The van der Waals surface area contributed by atoms with E-state index in [4.69, 9.17) is 4.74 Å². The van der Waals surface area contributed by atoms with E-state index >= 15 is 0 Å². The van der Waals surface area contributed by atoms with Crippen molar-refractivity contribution in [2.45, 2.75) is 6.18 Å². The first kappa shape index (κ1) is 25.6. The first-order valence-corrected chi connectivity index (χ1v) is 11.2. The third kappa shape index (κ3) is 6.02. The molecule has 0 atom stereocenters. The highest BCUT2D eigenvalue weighted by molar-refractivity contribution is 5.96. The fourth-order valence-corrected chi connectivity index (χ4v) is 3.80. The Kier molecular flexibility index (Phi) is 7.37. The quantitative estimate of drug-likeness (QED) is 0.394. The fourth-order valence-electron chi connectivity index (χ4n) is 3.80. The van der Waals surface area contributed by atoms with Gasteiger partial charge in [-0.2, -0.15) is 13.2 Å². The number of carbonyl (C=O) groups excluding carboxylic acids is 2. The average molecular weight is 513 g/mol. The predicted octanol–water partition coefficient (Wildman–Crippen LogP) is 3.57. The Morgan fingerprint density at radius 3 is 2.41 bits per heavy atom. The number of nitrogens with zero attached hydrogens (tertiary/aromatic N) is 5. The minimum atomic E-state index is -4.67. The van der Waals surface area contributed by atoms with Crippen molar-refractivity contribution in [1.82, 2.24) is 20.1 Å². The molecule has 1 aliphatic heterocycles. The molecule has 0 aliphatic carbocycles. The molecule has 2 aromatic heterocycles. The van der Waals surface area contributed by atoms with Gasteiger partial charge in [-0.1, -0.05) is 12.7 Å². The van der Waals surface area contributed by atoms with Gasteiger partial charge in [-0.15, -0.1) is 10.2 Å². The fraction of sp³-hybridized carbons (Fsp3) is 0.240. The zero-order chi connectivity index (χ0) is 26.6. The van der Waals surface area contributed by atoms with E-state index < -0.39 is 23.6 Å². The van der Waals surface area contributed by atoms with E-state index in [2.05, 4.69) is 21.8 Å². The number of alkyl halides is 3. The molecule has 9 nitrogen and oxygen atoms in total. The summed E-state index contributed by atoms with van der Waals surface area (Å²) in [5, 5.41) is 17.6. The predicted molar refractivity (Wildman–Crippen MR) is 127 cm³/mol. The molecule has 37 heavy (non-hydrogen) atoms. The van der Waals surface area contributed by atoms with Gasteiger partial charge in [0.1, 0.15) is 12.4 Å². The van der Waals surface area contributed by atoms with Crippen molar-refractivity contribution in [3.05, 3.63) is 78.3 Å². The van der Waals surface area contributed by atoms with Crippen LogP contribution in [-0.2, 0) is 10.9 Å². The molecule has 3 aromatic rings. The standard InChI is InChI=1S/C25H22F3N5O4/c1-2-9-37-24(36)21-3-4-22(31-30-21)32-5-7-33(8-6-32)23(35)17-10-16(11-19(12-17)25(26,27)28)18-13-20(34)15-29-14-18/h2-4,10-15,34H,1,5-9H2. The molecule has 1 fully saturated rings. The van der Waals surface area contributed by atoms with Crippen LogP contribution in [0.15, 0.2) is 61.4 Å². The smallest absolute Gasteiger partial charge is 0.416 e. The van der Waals surface area contributed by atoms with Gasteiger partial charge in [-0.05, 0) is 42.0 Å². The molecule has 0 unspecified atom stereocenters. The van der Waals surface area contributed by atoms with E-state index in [9.17, 15) is 27.9 Å². The number of anilines is 1. The molecule has 12 heteroatoms. The number of hydrogen-bond donors (Lipinski definition) is 1. The zero-order valence-electron chi connectivity index (χ0n) is 19.5. The maximum Gasteiger partial charge on any atom is 0.416 e. The van der Waals surface area contributed by atoms with E-state index in [1.54, 1.807) is 6.07 Å². The molecule has 0 radical (unpaired) electrons. The summed E-state index contributed by atoms with van der Waals surface area (Å²) in [4.78, 5) is 32.1. The third-order valence-corrected chi connectivity index (χ3v) is 5.65. The largest absolute Gasteiger partial charge is 0.506 e. The van der Waals surface area contributed by atoms with Crippen molar-refractivity contribution in [2.75, 3.05) is 37.7 Å². The number of benzene rings is 1. The first-order valence-electron chi connectivity index (χ1n) is 11.2. The van der Waals surface area contributed by atoms with Crippen LogP contribution in [0.25, 0.3) is 11.1 Å². The van der Waals surface area contributed by atoms with Gasteiger partial charge in [0.05, 0.1) is 11.8 Å². The summed E-state index contributed by atoms with van der Waals surface area (Å²) in [6.45, 7) is 4.72. The molecule has 1 aromatic carbocycles. The van der Waals surface area contributed by atoms with Crippen LogP contribution < -0.4 is 4.90 Å². The van der Waals surface area contributed by atoms with Crippen LogP contribution in [-0.4, -0.2) is 69.9 Å². The van der Waals surface area contributed by atoms with Gasteiger partial charge < -0.3 is 19.6 Å². The van der Waals surface area contributed by atoms with E-state index in [-0.39, 0.29) is 47.8 Å². The van der Waals surface area contributed by atoms with Crippen molar-refractivity contribution in [3.63, 3.8) is 0 Å². The number of rotatable bonds is 6. The first-order chi connectivity index (χ1) is 17.7. The van der Waals surface area contributed by atoms with Crippen molar-refractivity contribution in [1.29, 1.82) is 0 Å². The molecule has 0 saturated carbocycles. The van der Waals surface area contributed by atoms with Gasteiger partial charge in [0.2, 0.25) is 0 Å². The van der Waals surface area contributed by atoms with E-state index in [1.807, 2.05) is 4.90 Å². The van der Waals surface area contributed by atoms with Crippen molar-refractivity contribution in [2.24, 2.45) is 0 Å². The number of aromatic nitrogens is 3. The second-order valence-corrected chi connectivity index (χ2v) is 8.17. The summed E-state index contributed by atoms with van der Waals surface area (Å²) < 4.78 is 45.7. The number of amides is 1. The number of ether oxygens (including phenoxy) is 1. The van der Waals surface area contributed by atoms with E-state index in [0.717, 1.165) is 18.3 Å². The van der Waals surface area contributed by atoms with Crippen molar-refractivity contribution >= 4 is 17.7 Å². The van der Waals surface area contributed by atoms with Crippen LogP contribution in [0.3, 0.4) is 0 Å². The summed E-state index contributed by atoms with van der Waals surface area (Å²) >= 11 is 0. The molecule has 192 valence electrons. The van der Waals surface area contributed by atoms with Gasteiger partial charge in [-0.25, -0.2) is 4.79 Å². The van der Waals surface area contributed by atoms with Gasteiger partial charge in [-0.3, -0.25) is 9.78 Å². The Morgan fingerprint density at radius 1 is 1.03 bits per heavy atom. The van der Waals surface area contributed by atoms with Gasteiger partial charge in [0, 0.05) is 43.5 Å². The molecular formula is C25H22F3N5O4. The number of aromatic hydroxyl groups is 1. The Hall–Kier alpha value is -4.48. The Morgan fingerprint density at radius 2 is 1.78 bits per heavy atom. The summed E-state index contributed by atoms with van der Waals surface area (Å²) in [7, 11) is 0. The normalized spacial score (nSPS) is 13.8. The van der Waals surface area contributed by atoms with Gasteiger partial charge in [0.15, 0.2) is 11.5 Å². The second kappa shape index (κ2) is 10.6. The Bertz CT molecular complexity index is 1310. The monoisotopic (exact) mass is 513 g/mol. The van der Waals surface area contributed by atoms with Crippen LogP contribution in [0, 0.1) is 0 Å². The topological polar surface area (TPSA) is 109 Å². The number of esters is 1. The van der Waals surface area contributed by atoms with E-state index in [0.29, 0.717) is 18.9 Å². The molecule has 1 aliphatic rings. The molecule has 3 heterocycles. The minimum Gasteiger partial charge on any atom is -0.506 e. The Labute approximate surface area is 209 Å². The third-order valence-electron chi connectivity index (χ3n) is 5.65. The summed E-state index contributed by atoms with van der Waals surface area (Å²) in [5.41, 5.74) is -0.689. The number of halogens is 3. The molecular weight excluding hydrogens is 491 g/mol. The maximum atomic E-state index is 13.6. The number of carbonyl (C=O) groups is 2. The summed E-state index contributed by atoms with van der Waals surface area (Å²) in [5.74, 6) is -0.892. The highest BCUT2D eigenvalue weighted by Crippen LogP contribution is 2.34. The molecule has 1 saturated heterocycles. The van der Waals surface area contributed by atoms with Gasteiger partial charge in [0.25, 0.3) is 5.91 Å². The van der Waals surface area contributed by atoms with Crippen LogP contribution in [0.2, 0.25) is 0 Å². The van der Waals surface area contributed by atoms with Crippen LogP contribution in [0.1, 0.15) is 26.4 Å². The summed E-state index contributed by atoms with van der Waals surface area (Å²) in [6.07, 6.45) is -0.760. The van der Waals surface area contributed by atoms with Crippen molar-refractivity contribution in [3.8, 4) is 16.9 Å². The van der Waals surface area contributed by atoms with Crippen LogP contribution >= 0.6 is 0 Å². The number of pyridine rings is 1. The highest BCUT2D eigenvalue weighted by atomic mass is 19.4. The zero-order valence-corrected chi connectivity index (χ0v) is 19.5. The molecule has 0 spiro atoms. The van der Waals surface area contributed by atoms with Crippen LogP contribution in [0.4, 0.5) is 19.0 Å². The highest BCUT2D eigenvalue weighted by Gasteiger charge is 2.33. The van der Waals surface area contributed by atoms with Crippen LogP contribution in [0.5, 0.6) is 5.75 Å². The second-order valence-electron chi connectivity index (χ2n) is 8.17. The lowest BCUT2D eigenvalue weighted by molar-refractivity contribution is -0.137. The van der Waals surface area contributed by atoms with E-state index in [1.165, 1.54) is 35.4 Å². The SMILES string of the molecule is C=CCOC(=O)c1ccc(N2CCN(C(=O)c3cc(-c4cncc(O)c4)cc(C(F)(F)F)c3)CC2)nn1. The number of piperazine rings is 1. The average Bonchev–Trinajstić information content (AvgIpc) is 2.90. The lowest BCUT2D eigenvalue weighted by atomic mass is 9.99. The minimum absolute atomic E-state index is 0.0432. The molecule has 4 rings (SSSR count). The molecule has 0 bridgehead atoms. The maximum absolute atomic E-state index is 13.6. The molecule has 1 amide bonds. The van der Waals surface area contributed by atoms with Crippen molar-refractivity contribution < 1.29 is 32.6 Å². The number of hydrogen-bond acceptors (Lipinski definition) is 8. The summed E-state index contributed by atoms with van der Waals surface area (Å²) in [6, 6.07) is 7.46. The lowest BCUT2D eigenvalue weighted by Crippen LogP contribution is -2.49. The lowest BCUT2D eigenvalue weighted by Gasteiger charge is -2.35.